The van der Waals surface area contributed by atoms with Crippen LogP contribution >= 0.6 is 0 Å². The van der Waals surface area contributed by atoms with Gasteiger partial charge in [0.25, 0.3) is 5.56 Å². The van der Waals surface area contributed by atoms with Crippen LogP contribution in [0.2, 0.25) is 0 Å². The number of pyridine rings is 1. The van der Waals surface area contributed by atoms with Crippen LogP contribution in [0.4, 0.5) is 0 Å². The van der Waals surface area contributed by atoms with Crippen molar-refractivity contribution in [3.8, 4) is 5.75 Å². The maximum Gasteiger partial charge on any atom is 0.345 e. The second-order valence-electron chi connectivity index (χ2n) is 4.40. The first kappa shape index (κ1) is 10.8. The van der Waals surface area contributed by atoms with Gasteiger partial charge in [0.15, 0.2) is 5.56 Å². The fourth-order valence-electron chi connectivity index (χ4n) is 2.61. The van der Waals surface area contributed by atoms with E-state index in [1.54, 1.807) is 12.1 Å². The lowest BCUT2D eigenvalue weighted by molar-refractivity contribution is 0.0691. The highest BCUT2D eigenvalue weighted by molar-refractivity contribution is 5.99. The van der Waals surface area contributed by atoms with Crippen LogP contribution in [0.5, 0.6) is 5.75 Å². The quantitative estimate of drug-likeness (QED) is 0.794. The minimum absolute atomic E-state index is 0.428. The van der Waals surface area contributed by atoms with Crippen molar-refractivity contribution in [2.75, 3.05) is 0 Å². The van der Waals surface area contributed by atoms with Crippen LogP contribution < -0.4 is 5.56 Å². The molecule has 92 valence electrons. The summed E-state index contributed by atoms with van der Waals surface area (Å²) in [6, 6.07) is 5.31. The highest BCUT2D eigenvalue weighted by Crippen LogP contribution is 2.31. The van der Waals surface area contributed by atoms with Crippen molar-refractivity contribution in [1.29, 1.82) is 0 Å². The van der Waals surface area contributed by atoms with Crippen LogP contribution in [-0.2, 0) is 13.0 Å². The summed E-state index contributed by atoms with van der Waals surface area (Å²) in [6.45, 7) is 0.493. The summed E-state index contributed by atoms with van der Waals surface area (Å²) >= 11 is 0. The molecule has 0 radical (unpaired) electrons. The van der Waals surface area contributed by atoms with Gasteiger partial charge in [-0.05, 0) is 24.5 Å². The molecular formula is C13H11NO4. The number of aromatic carboxylic acids is 1. The average molecular weight is 245 g/mol. The largest absolute Gasteiger partial charge is 0.506 e. The molecule has 0 bridgehead atoms. The van der Waals surface area contributed by atoms with E-state index >= 15 is 0 Å². The fraction of sp³-hybridized carbons (Fsp3) is 0.231. The summed E-state index contributed by atoms with van der Waals surface area (Å²) in [4.78, 5) is 23.2. The van der Waals surface area contributed by atoms with Crippen molar-refractivity contribution < 1.29 is 15.0 Å². The number of carbonyl (C=O) groups is 1. The molecule has 0 unspecified atom stereocenters. The van der Waals surface area contributed by atoms with Gasteiger partial charge < -0.3 is 14.8 Å². The van der Waals surface area contributed by atoms with E-state index in [4.69, 9.17) is 5.11 Å². The zero-order valence-corrected chi connectivity index (χ0v) is 9.51. The average Bonchev–Trinajstić information content (AvgIpc) is 2.35. The Morgan fingerprint density at radius 2 is 2.11 bits per heavy atom. The molecule has 2 N–H and O–H groups in total. The number of carboxylic acids is 1. The molecule has 5 heteroatoms. The molecule has 1 aliphatic heterocycles. The van der Waals surface area contributed by atoms with E-state index in [1.807, 2.05) is 6.07 Å². The van der Waals surface area contributed by atoms with Crippen molar-refractivity contribution in [2.24, 2.45) is 0 Å². The standard InChI is InChI=1S/C13H11NO4/c15-11-8-5-1-3-7-4-2-6-14(10(7)8)12(16)9(11)13(17)18/h1,3,5,15H,2,4,6H2,(H,17,18). The number of carboxylic acid groups (broad SMARTS) is 1. The van der Waals surface area contributed by atoms with Crippen LogP contribution in [0.15, 0.2) is 23.0 Å². The molecule has 0 aliphatic carbocycles. The van der Waals surface area contributed by atoms with Crippen LogP contribution in [-0.4, -0.2) is 20.7 Å². The van der Waals surface area contributed by atoms with Crippen molar-refractivity contribution in [2.45, 2.75) is 19.4 Å². The number of nitrogens with zero attached hydrogens (tertiary/aromatic N) is 1. The second-order valence-corrected chi connectivity index (χ2v) is 4.40. The number of benzene rings is 1. The number of para-hydroxylation sites is 1. The molecule has 0 saturated carbocycles. The van der Waals surface area contributed by atoms with E-state index in [-0.39, 0.29) is 0 Å². The summed E-state index contributed by atoms with van der Waals surface area (Å²) in [7, 11) is 0. The molecule has 5 nitrogen and oxygen atoms in total. The lowest BCUT2D eigenvalue weighted by Gasteiger charge is -2.20. The van der Waals surface area contributed by atoms with Crippen LogP contribution in [0.3, 0.4) is 0 Å². The van der Waals surface area contributed by atoms with Gasteiger partial charge in [-0.3, -0.25) is 4.79 Å². The maximum atomic E-state index is 12.1. The molecule has 0 fully saturated rings. The van der Waals surface area contributed by atoms with E-state index < -0.39 is 22.8 Å². The highest BCUT2D eigenvalue weighted by atomic mass is 16.4. The number of hydrogen-bond donors (Lipinski definition) is 2. The molecule has 3 rings (SSSR count). The minimum atomic E-state index is -1.39. The molecule has 1 aromatic heterocycles. The lowest BCUT2D eigenvalue weighted by atomic mass is 9.99. The Hall–Kier alpha value is -2.30. The zero-order chi connectivity index (χ0) is 12.9. The fourth-order valence-corrected chi connectivity index (χ4v) is 2.61. The Morgan fingerprint density at radius 1 is 1.33 bits per heavy atom. The molecule has 0 atom stereocenters. The van der Waals surface area contributed by atoms with Gasteiger partial charge in [0.2, 0.25) is 0 Å². The van der Waals surface area contributed by atoms with Crippen LogP contribution in [0.25, 0.3) is 10.9 Å². The van der Waals surface area contributed by atoms with Crippen molar-refractivity contribution in [3.05, 3.63) is 39.7 Å². The number of aromatic nitrogens is 1. The smallest absolute Gasteiger partial charge is 0.345 e. The van der Waals surface area contributed by atoms with Gasteiger partial charge in [-0.15, -0.1) is 0 Å². The molecule has 0 spiro atoms. The maximum absolute atomic E-state index is 12.1. The predicted octanol–water partition coefficient (Wildman–Crippen LogP) is 1.35. The molecule has 2 aromatic rings. The van der Waals surface area contributed by atoms with Gasteiger partial charge >= 0.3 is 5.97 Å². The van der Waals surface area contributed by atoms with Gasteiger partial charge in [0, 0.05) is 11.9 Å². The van der Waals surface area contributed by atoms with Gasteiger partial charge in [-0.25, -0.2) is 4.79 Å². The van der Waals surface area contributed by atoms with Gasteiger partial charge in [0.1, 0.15) is 5.75 Å². The Bertz CT molecular complexity index is 730. The van der Waals surface area contributed by atoms with Gasteiger partial charge in [-0.2, -0.15) is 0 Å². The summed E-state index contributed by atoms with van der Waals surface area (Å²) < 4.78 is 1.46. The van der Waals surface area contributed by atoms with E-state index in [2.05, 4.69) is 0 Å². The first-order chi connectivity index (χ1) is 8.61. The van der Waals surface area contributed by atoms with Gasteiger partial charge in [-0.1, -0.05) is 12.1 Å². The Kier molecular flexibility index (Phi) is 2.16. The highest BCUT2D eigenvalue weighted by Gasteiger charge is 2.24. The Labute approximate surface area is 102 Å². The summed E-state index contributed by atoms with van der Waals surface area (Å²) in [5.74, 6) is -1.82. The zero-order valence-electron chi connectivity index (χ0n) is 9.51. The Balaban J connectivity index is 2.58. The topological polar surface area (TPSA) is 79.5 Å². The minimum Gasteiger partial charge on any atom is -0.506 e. The van der Waals surface area contributed by atoms with E-state index in [0.717, 1.165) is 18.4 Å². The van der Waals surface area contributed by atoms with Crippen molar-refractivity contribution >= 4 is 16.9 Å². The molecule has 1 aliphatic rings. The summed E-state index contributed by atoms with van der Waals surface area (Å²) in [5.41, 5.74) is 0.473. The summed E-state index contributed by atoms with van der Waals surface area (Å²) in [6.07, 6.45) is 1.64. The lowest BCUT2D eigenvalue weighted by Crippen LogP contribution is -2.29. The Morgan fingerprint density at radius 3 is 2.83 bits per heavy atom. The van der Waals surface area contributed by atoms with E-state index in [0.29, 0.717) is 17.4 Å². The molecule has 18 heavy (non-hydrogen) atoms. The number of rotatable bonds is 1. The number of aryl methyl sites for hydroxylation is 2. The number of aromatic hydroxyl groups is 1. The van der Waals surface area contributed by atoms with E-state index in [9.17, 15) is 14.7 Å². The first-order valence-corrected chi connectivity index (χ1v) is 5.72. The second kappa shape index (κ2) is 3.60. The predicted molar refractivity (Wildman–Crippen MR) is 65.2 cm³/mol. The molecule has 0 saturated heterocycles. The third kappa shape index (κ3) is 1.27. The van der Waals surface area contributed by atoms with Crippen LogP contribution in [0, 0.1) is 0 Å². The molecular weight excluding hydrogens is 234 g/mol. The van der Waals surface area contributed by atoms with E-state index in [1.165, 1.54) is 4.57 Å². The van der Waals surface area contributed by atoms with Crippen molar-refractivity contribution in [3.63, 3.8) is 0 Å². The SMILES string of the molecule is O=C(O)c1c(O)c2cccc3c2n(c1=O)CCC3. The van der Waals surface area contributed by atoms with Gasteiger partial charge in [0.05, 0.1) is 5.52 Å². The third-order valence-electron chi connectivity index (χ3n) is 3.38. The molecule has 1 aromatic carbocycles. The third-order valence-corrected chi connectivity index (χ3v) is 3.38. The molecule has 2 heterocycles. The monoisotopic (exact) mass is 245 g/mol. The first-order valence-electron chi connectivity index (χ1n) is 5.72. The normalized spacial score (nSPS) is 13.8. The number of hydrogen-bond acceptors (Lipinski definition) is 3. The molecule has 0 amide bonds. The summed E-state index contributed by atoms with van der Waals surface area (Å²) in [5, 5.41) is 19.4. The van der Waals surface area contributed by atoms with Crippen molar-refractivity contribution in [1.82, 2.24) is 4.57 Å². The van der Waals surface area contributed by atoms with Crippen LogP contribution in [0.1, 0.15) is 22.3 Å².